The number of hydrogen-bond acceptors (Lipinski definition) is 2. The molecule has 2 atom stereocenters. The zero-order valence-corrected chi connectivity index (χ0v) is 5.10. The molecule has 2 nitrogen and oxygen atoms in total. The number of hydrogen-bond donors (Lipinski definition) is 0. The van der Waals surface area contributed by atoms with E-state index in [1.165, 1.54) is 6.07 Å². The summed E-state index contributed by atoms with van der Waals surface area (Å²) in [7, 11) is 0. The molecule has 1 heterocycles. The molecule has 2 fully saturated rings. The van der Waals surface area contributed by atoms with Gasteiger partial charge in [-0.3, -0.25) is 0 Å². The van der Waals surface area contributed by atoms with Gasteiger partial charge in [0.1, 0.15) is 6.07 Å². The Morgan fingerprint density at radius 1 is 1.60 bits per heavy atom. The third kappa shape index (κ3) is 0.363. The first kappa shape index (κ1) is 6.05. The predicted octanol–water partition coefficient (Wildman–Crippen LogP) is 0.934. The summed E-state index contributed by atoms with van der Waals surface area (Å²) in [4.78, 5) is 0. The molecule has 1 aliphatic carbocycles. The van der Waals surface area contributed by atoms with Gasteiger partial charge in [-0.2, -0.15) is 5.26 Å². The van der Waals surface area contributed by atoms with Crippen molar-refractivity contribution in [2.75, 3.05) is 6.61 Å². The summed E-state index contributed by atoms with van der Waals surface area (Å²) < 4.78 is 29.8. The molecule has 1 aliphatic heterocycles. The molecule has 0 N–H and O–H groups in total. The summed E-state index contributed by atoms with van der Waals surface area (Å²) in [6.07, 6.45) is 0.320. The number of nitrogens with zero attached hydrogens (tertiary/aromatic N) is 1. The highest BCUT2D eigenvalue weighted by atomic mass is 19.3. The summed E-state index contributed by atoms with van der Waals surface area (Å²) in [5, 5.41) is 8.35. The number of nitriles is 1. The van der Waals surface area contributed by atoms with Gasteiger partial charge in [0.05, 0.1) is 5.92 Å². The van der Waals surface area contributed by atoms with Gasteiger partial charge in [-0.1, -0.05) is 0 Å². The van der Waals surface area contributed by atoms with Crippen molar-refractivity contribution in [1.29, 1.82) is 5.26 Å². The smallest absolute Gasteiger partial charge is 0.297 e. The second kappa shape index (κ2) is 1.32. The summed E-state index contributed by atoms with van der Waals surface area (Å²) in [5.74, 6) is -3.70. The Kier molecular flexibility index (Phi) is 0.801. The molecular formula is C6H5F2NO. The molecule has 0 bridgehead atoms. The highest BCUT2D eigenvalue weighted by Gasteiger charge is 2.85. The standard InChI is InChI=1S/C6H5F2NO/c7-6(8)4-1-2-10-5(4,6)3-9/h4H,1-2H2. The highest BCUT2D eigenvalue weighted by Crippen LogP contribution is 2.65. The Bertz CT molecular complexity index is 222. The summed E-state index contributed by atoms with van der Waals surface area (Å²) >= 11 is 0. The zero-order chi connectivity index (χ0) is 7.41. The minimum absolute atomic E-state index is 0.299. The van der Waals surface area contributed by atoms with Crippen LogP contribution in [0.3, 0.4) is 0 Å². The van der Waals surface area contributed by atoms with Crippen LogP contribution in [0.15, 0.2) is 0 Å². The number of alkyl halides is 2. The van der Waals surface area contributed by atoms with Crippen LogP contribution in [0.1, 0.15) is 6.42 Å². The highest BCUT2D eigenvalue weighted by molar-refractivity contribution is 5.34. The van der Waals surface area contributed by atoms with Crippen molar-refractivity contribution in [2.45, 2.75) is 17.9 Å². The zero-order valence-electron chi connectivity index (χ0n) is 5.10. The molecule has 1 saturated carbocycles. The first-order valence-corrected chi connectivity index (χ1v) is 3.08. The Balaban J connectivity index is 2.33. The molecule has 4 heteroatoms. The van der Waals surface area contributed by atoms with Crippen molar-refractivity contribution in [2.24, 2.45) is 5.92 Å². The quantitative estimate of drug-likeness (QED) is 0.508. The molecule has 2 rings (SSSR count). The van der Waals surface area contributed by atoms with Crippen LogP contribution in [0.2, 0.25) is 0 Å². The fourth-order valence-electron chi connectivity index (χ4n) is 1.55. The average molecular weight is 145 g/mol. The van der Waals surface area contributed by atoms with Gasteiger partial charge < -0.3 is 4.74 Å². The fraction of sp³-hybridized carbons (Fsp3) is 0.833. The van der Waals surface area contributed by atoms with Crippen LogP contribution < -0.4 is 0 Å². The van der Waals surface area contributed by atoms with Gasteiger partial charge in [-0.25, -0.2) is 8.78 Å². The van der Waals surface area contributed by atoms with Crippen LogP contribution in [0.25, 0.3) is 0 Å². The van der Waals surface area contributed by atoms with Crippen molar-refractivity contribution >= 4 is 0 Å². The molecule has 0 radical (unpaired) electrons. The lowest BCUT2D eigenvalue weighted by Gasteiger charge is -2.04. The van der Waals surface area contributed by atoms with Crippen LogP contribution in [0, 0.1) is 17.2 Å². The van der Waals surface area contributed by atoms with E-state index < -0.39 is 17.4 Å². The van der Waals surface area contributed by atoms with E-state index in [1.807, 2.05) is 0 Å². The minimum Gasteiger partial charge on any atom is -0.354 e. The van der Waals surface area contributed by atoms with E-state index in [0.29, 0.717) is 13.0 Å². The number of ether oxygens (including phenoxy) is 1. The normalized spacial score (nSPS) is 47.9. The third-order valence-electron chi connectivity index (χ3n) is 2.24. The molecule has 54 valence electrons. The van der Waals surface area contributed by atoms with Crippen molar-refractivity contribution in [3.8, 4) is 6.07 Å². The average Bonchev–Trinajstić information content (AvgIpc) is 2.34. The first-order chi connectivity index (χ1) is 4.65. The molecule has 1 saturated heterocycles. The topological polar surface area (TPSA) is 33.0 Å². The molecule has 0 aromatic heterocycles. The molecule has 2 aliphatic rings. The number of fused-ring (bicyclic) bond motifs is 1. The van der Waals surface area contributed by atoms with Gasteiger partial charge in [0.25, 0.3) is 5.92 Å². The largest absolute Gasteiger partial charge is 0.354 e. The van der Waals surface area contributed by atoms with Crippen LogP contribution in [0.5, 0.6) is 0 Å². The second-order valence-electron chi connectivity index (χ2n) is 2.66. The fourth-order valence-corrected chi connectivity index (χ4v) is 1.55. The maximum atomic E-state index is 12.5. The minimum atomic E-state index is -2.88. The molecule has 0 spiro atoms. The molecule has 0 aromatic rings. The molecule has 0 amide bonds. The SMILES string of the molecule is N#CC12OCCC1C2(F)F. The van der Waals surface area contributed by atoms with Crippen molar-refractivity contribution in [1.82, 2.24) is 0 Å². The lowest BCUT2D eigenvalue weighted by molar-refractivity contribution is -0.0287. The van der Waals surface area contributed by atoms with Crippen LogP contribution in [0.4, 0.5) is 8.78 Å². The van der Waals surface area contributed by atoms with E-state index in [0.717, 1.165) is 0 Å². The van der Waals surface area contributed by atoms with Crippen molar-refractivity contribution < 1.29 is 13.5 Å². The van der Waals surface area contributed by atoms with Gasteiger partial charge in [-0.05, 0) is 6.42 Å². The Morgan fingerprint density at radius 2 is 2.30 bits per heavy atom. The van der Waals surface area contributed by atoms with Crippen LogP contribution in [-0.4, -0.2) is 18.1 Å². The van der Waals surface area contributed by atoms with E-state index in [9.17, 15) is 8.78 Å². The molecule has 2 unspecified atom stereocenters. The van der Waals surface area contributed by atoms with Gasteiger partial charge in [0.2, 0.25) is 5.60 Å². The molecule has 0 aromatic carbocycles. The van der Waals surface area contributed by atoms with Gasteiger partial charge in [0, 0.05) is 6.61 Å². The Labute approximate surface area is 56.4 Å². The van der Waals surface area contributed by atoms with E-state index in [4.69, 9.17) is 5.26 Å². The van der Waals surface area contributed by atoms with Crippen molar-refractivity contribution in [3.63, 3.8) is 0 Å². The van der Waals surface area contributed by atoms with Gasteiger partial charge in [-0.15, -0.1) is 0 Å². The maximum Gasteiger partial charge on any atom is 0.297 e. The Morgan fingerprint density at radius 3 is 2.60 bits per heavy atom. The van der Waals surface area contributed by atoms with E-state index in [2.05, 4.69) is 4.74 Å². The lowest BCUT2D eigenvalue weighted by Crippen LogP contribution is -2.19. The van der Waals surface area contributed by atoms with Gasteiger partial charge >= 0.3 is 0 Å². The van der Waals surface area contributed by atoms with Crippen LogP contribution in [-0.2, 0) is 4.74 Å². The monoisotopic (exact) mass is 145 g/mol. The predicted molar refractivity (Wildman–Crippen MR) is 27.3 cm³/mol. The molecular weight excluding hydrogens is 140 g/mol. The third-order valence-corrected chi connectivity index (χ3v) is 2.24. The van der Waals surface area contributed by atoms with E-state index in [1.54, 1.807) is 0 Å². The summed E-state index contributed by atoms with van der Waals surface area (Å²) in [6, 6.07) is 1.53. The first-order valence-electron chi connectivity index (χ1n) is 3.08. The number of halogens is 2. The maximum absolute atomic E-state index is 12.5. The van der Waals surface area contributed by atoms with E-state index in [-0.39, 0.29) is 0 Å². The summed E-state index contributed by atoms with van der Waals surface area (Å²) in [6.45, 7) is 0.299. The van der Waals surface area contributed by atoms with Gasteiger partial charge in [0.15, 0.2) is 0 Å². The second-order valence-corrected chi connectivity index (χ2v) is 2.66. The van der Waals surface area contributed by atoms with E-state index >= 15 is 0 Å². The Hall–Kier alpha value is -0.690. The van der Waals surface area contributed by atoms with Crippen molar-refractivity contribution in [3.05, 3.63) is 0 Å². The lowest BCUT2D eigenvalue weighted by atomic mass is 10.3. The molecule has 10 heavy (non-hydrogen) atoms. The van der Waals surface area contributed by atoms with Crippen LogP contribution >= 0.6 is 0 Å². The summed E-state index contributed by atoms with van der Waals surface area (Å²) in [5.41, 5.74) is -1.73. The number of rotatable bonds is 0.